The van der Waals surface area contributed by atoms with E-state index in [1.807, 2.05) is 0 Å². The van der Waals surface area contributed by atoms with Gasteiger partial charge in [-0.05, 0) is 35.9 Å². The Kier molecular flexibility index (Phi) is 2.90. The molecular weight excluding hydrogens is 245 g/mol. The van der Waals surface area contributed by atoms with Crippen molar-refractivity contribution >= 4 is 17.1 Å². The minimum atomic E-state index is -4.42. The fourth-order valence-corrected chi connectivity index (χ4v) is 1.57. The number of ketones is 2. The molecule has 1 aromatic carbocycles. The number of hydrogen-bond acceptors (Lipinski definition) is 2. The molecule has 0 aliphatic heterocycles. The Hall–Kier alpha value is -2.17. The Balaban J connectivity index is 2.36. The summed E-state index contributed by atoms with van der Waals surface area (Å²) < 4.78 is 37.1. The summed E-state index contributed by atoms with van der Waals surface area (Å²) in [5.41, 5.74) is -0.390. The Morgan fingerprint density at radius 3 is 2.06 bits per heavy atom. The molecule has 5 heteroatoms. The monoisotopic (exact) mass is 252 g/mol. The molecule has 1 aliphatic rings. The van der Waals surface area contributed by atoms with Crippen LogP contribution in [0.3, 0.4) is 0 Å². The van der Waals surface area contributed by atoms with Crippen LogP contribution in [0, 0.1) is 0 Å². The summed E-state index contributed by atoms with van der Waals surface area (Å²) in [6.45, 7) is 0. The normalized spacial score (nSPS) is 15.8. The third-order valence-electron chi connectivity index (χ3n) is 2.47. The van der Waals surface area contributed by atoms with Gasteiger partial charge in [0.2, 0.25) is 0 Å². The Morgan fingerprint density at radius 2 is 1.50 bits per heavy atom. The number of rotatable bonds is 1. The molecule has 18 heavy (non-hydrogen) atoms. The van der Waals surface area contributed by atoms with Crippen molar-refractivity contribution < 1.29 is 22.8 Å². The molecule has 0 spiro atoms. The first kappa shape index (κ1) is 12.3. The van der Waals surface area contributed by atoms with Gasteiger partial charge in [-0.25, -0.2) is 0 Å². The molecule has 92 valence electrons. The van der Waals surface area contributed by atoms with Crippen LogP contribution in [-0.2, 0) is 15.8 Å². The maximum absolute atomic E-state index is 12.4. The average molecular weight is 252 g/mol. The van der Waals surface area contributed by atoms with E-state index in [0.717, 1.165) is 30.4 Å². The van der Waals surface area contributed by atoms with Gasteiger partial charge in [0.15, 0.2) is 11.6 Å². The molecule has 0 bridgehead atoms. The lowest BCUT2D eigenvalue weighted by Crippen LogP contribution is -2.08. The molecular formula is C13H7F3O2. The molecule has 2 nitrogen and oxygen atoms in total. The van der Waals surface area contributed by atoms with E-state index in [-0.39, 0.29) is 11.4 Å². The van der Waals surface area contributed by atoms with Gasteiger partial charge in [0, 0.05) is 5.57 Å². The van der Waals surface area contributed by atoms with Crippen molar-refractivity contribution in [2.75, 3.05) is 0 Å². The number of halogens is 3. The summed E-state index contributed by atoms with van der Waals surface area (Å²) in [4.78, 5) is 22.6. The zero-order valence-electron chi connectivity index (χ0n) is 8.99. The molecule has 2 rings (SSSR count). The van der Waals surface area contributed by atoms with Crippen molar-refractivity contribution in [2.45, 2.75) is 6.18 Å². The van der Waals surface area contributed by atoms with Crippen LogP contribution in [0.4, 0.5) is 13.2 Å². The maximum Gasteiger partial charge on any atom is 0.416 e. The van der Waals surface area contributed by atoms with E-state index in [1.54, 1.807) is 0 Å². The minimum Gasteiger partial charge on any atom is -0.290 e. The molecule has 1 aliphatic carbocycles. The van der Waals surface area contributed by atoms with Gasteiger partial charge < -0.3 is 0 Å². The highest BCUT2D eigenvalue weighted by Gasteiger charge is 2.30. The van der Waals surface area contributed by atoms with Gasteiger partial charge in [-0.3, -0.25) is 9.59 Å². The third kappa shape index (κ3) is 2.40. The molecule has 0 amide bonds. The van der Waals surface area contributed by atoms with Crippen molar-refractivity contribution in [1.29, 1.82) is 0 Å². The molecule has 0 unspecified atom stereocenters. The van der Waals surface area contributed by atoms with E-state index < -0.39 is 17.5 Å². The van der Waals surface area contributed by atoms with E-state index in [0.29, 0.717) is 5.56 Å². The van der Waals surface area contributed by atoms with Crippen LogP contribution in [0.1, 0.15) is 11.1 Å². The third-order valence-corrected chi connectivity index (χ3v) is 2.47. The molecule has 0 heterocycles. The van der Waals surface area contributed by atoms with Gasteiger partial charge in [-0.15, -0.1) is 0 Å². The summed E-state index contributed by atoms with van der Waals surface area (Å²) >= 11 is 0. The molecule has 0 fully saturated rings. The number of allylic oxidation sites excluding steroid dienone is 4. The van der Waals surface area contributed by atoms with Gasteiger partial charge in [-0.2, -0.15) is 13.2 Å². The van der Waals surface area contributed by atoms with Crippen molar-refractivity contribution in [3.05, 3.63) is 53.6 Å². The highest BCUT2D eigenvalue weighted by Crippen LogP contribution is 2.30. The van der Waals surface area contributed by atoms with E-state index in [9.17, 15) is 22.8 Å². The van der Waals surface area contributed by atoms with Crippen molar-refractivity contribution in [3.63, 3.8) is 0 Å². The SMILES string of the molecule is O=C1C=CC(=O)C(c2ccc(C(F)(F)F)cc2)=C1. The zero-order chi connectivity index (χ0) is 13.3. The molecule has 0 aromatic heterocycles. The highest BCUT2D eigenvalue weighted by molar-refractivity contribution is 6.33. The number of carbonyl (C=O) groups is 2. The topological polar surface area (TPSA) is 34.1 Å². The predicted octanol–water partition coefficient (Wildman–Crippen LogP) is 2.80. The van der Waals surface area contributed by atoms with Gasteiger partial charge in [-0.1, -0.05) is 12.1 Å². The van der Waals surface area contributed by atoms with Crippen LogP contribution in [0.25, 0.3) is 5.57 Å². The predicted molar refractivity (Wildman–Crippen MR) is 58.6 cm³/mol. The van der Waals surface area contributed by atoms with E-state index in [2.05, 4.69) is 0 Å². The van der Waals surface area contributed by atoms with Crippen LogP contribution < -0.4 is 0 Å². The molecule has 0 atom stereocenters. The van der Waals surface area contributed by atoms with Crippen molar-refractivity contribution in [1.82, 2.24) is 0 Å². The second-order valence-corrected chi connectivity index (χ2v) is 3.73. The van der Waals surface area contributed by atoms with E-state index >= 15 is 0 Å². The van der Waals surface area contributed by atoms with Crippen LogP contribution in [0.2, 0.25) is 0 Å². The van der Waals surface area contributed by atoms with Gasteiger partial charge >= 0.3 is 6.18 Å². The first-order chi connectivity index (χ1) is 8.38. The first-order valence-corrected chi connectivity index (χ1v) is 5.03. The number of carbonyl (C=O) groups excluding carboxylic acids is 2. The quantitative estimate of drug-likeness (QED) is 0.720. The van der Waals surface area contributed by atoms with Crippen molar-refractivity contribution in [2.24, 2.45) is 0 Å². The minimum absolute atomic E-state index is 0.108. The number of benzene rings is 1. The number of hydrogen-bond donors (Lipinski definition) is 0. The lowest BCUT2D eigenvalue weighted by molar-refractivity contribution is -0.137. The highest BCUT2D eigenvalue weighted by atomic mass is 19.4. The van der Waals surface area contributed by atoms with Gasteiger partial charge in [0.1, 0.15) is 0 Å². The Morgan fingerprint density at radius 1 is 0.889 bits per heavy atom. The van der Waals surface area contributed by atoms with Crippen LogP contribution in [0.5, 0.6) is 0 Å². The van der Waals surface area contributed by atoms with E-state index in [1.165, 1.54) is 12.1 Å². The van der Waals surface area contributed by atoms with Crippen molar-refractivity contribution in [3.8, 4) is 0 Å². The maximum atomic E-state index is 12.4. The zero-order valence-corrected chi connectivity index (χ0v) is 8.99. The summed E-state index contributed by atoms with van der Waals surface area (Å²) in [5, 5.41) is 0. The van der Waals surface area contributed by atoms with Gasteiger partial charge in [0.25, 0.3) is 0 Å². The summed E-state index contributed by atoms with van der Waals surface area (Å²) in [6, 6.07) is 4.12. The van der Waals surface area contributed by atoms with Crippen LogP contribution in [-0.4, -0.2) is 11.6 Å². The van der Waals surface area contributed by atoms with Crippen LogP contribution >= 0.6 is 0 Å². The fourth-order valence-electron chi connectivity index (χ4n) is 1.57. The average Bonchev–Trinajstić information content (AvgIpc) is 2.31. The van der Waals surface area contributed by atoms with Gasteiger partial charge in [0.05, 0.1) is 5.56 Å². The smallest absolute Gasteiger partial charge is 0.290 e. The molecule has 1 aromatic rings. The molecule has 0 N–H and O–H groups in total. The first-order valence-electron chi connectivity index (χ1n) is 5.03. The fraction of sp³-hybridized carbons (Fsp3) is 0.0769. The second-order valence-electron chi connectivity index (χ2n) is 3.73. The lowest BCUT2D eigenvalue weighted by atomic mass is 9.95. The molecule has 0 saturated heterocycles. The largest absolute Gasteiger partial charge is 0.416 e. The summed E-state index contributed by atoms with van der Waals surface area (Å²) in [7, 11) is 0. The van der Waals surface area contributed by atoms with E-state index in [4.69, 9.17) is 0 Å². The summed E-state index contributed by atoms with van der Waals surface area (Å²) in [6.07, 6.45) is -1.07. The molecule has 0 saturated carbocycles. The molecule has 0 radical (unpaired) electrons. The summed E-state index contributed by atoms with van der Waals surface area (Å²) in [5.74, 6) is -0.751. The lowest BCUT2D eigenvalue weighted by Gasteiger charge is -2.09. The number of alkyl halides is 3. The standard InChI is InChI=1S/C13H7F3O2/c14-13(15,16)9-3-1-8(2-4-9)11-7-10(17)5-6-12(11)18/h1-7H. The Labute approximate surface area is 100 Å². The Bertz CT molecular complexity index is 563. The van der Waals surface area contributed by atoms with Crippen LogP contribution in [0.15, 0.2) is 42.5 Å². The second kappa shape index (κ2) is 4.25.